The van der Waals surface area contributed by atoms with E-state index in [1.807, 2.05) is 0 Å². The fraction of sp³-hybridized carbons (Fsp3) is 0.357. The summed E-state index contributed by atoms with van der Waals surface area (Å²) in [5.41, 5.74) is 3.80. The van der Waals surface area contributed by atoms with Gasteiger partial charge in [-0.3, -0.25) is 0 Å². The maximum atomic E-state index is 4.53. The lowest BCUT2D eigenvalue weighted by Crippen LogP contribution is -2.10. The zero-order valence-electron chi connectivity index (χ0n) is 10.4. The van der Waals surface area contributed by atoms with Gasteiger partial charge >= 0.3 is 0 Å². The molecule has 90 valence electrons. The Hall–Kier alpha value is -0.800. The van der Waals surface area contributed by atoms with Gasteiger partial charge in [0.1, 0.15) is 5.01 Å². The molecule has 1 aromatic heterocycles. The zero-order chi connectivity index (χ0) is 12.5. The largest absolute Gasteiger partial charge is 0.240 e. The molecule has 17 heavy (non-hydrogen) atoms. The molecule has 0 amide bonds. The molecule has 1 nitrogen and oxygen atoms in total. The van der Waals surface area contributed by atoms with Crippen LogP contribution in [-0.2, 0) is 11.2 Å². The molecule has 0 bridgehead atoms. The summed E-state index contributed by atoms with van der Waals surface area (Å²) in [7, 11) is 0. The first-order valence-electron chi connectivity index (χ1n) is 5.67. The van der Waals surface area contributed by atoms with Crippen LogP contribution in [0.2, 0.25) is 0 Å². The summed E-state index contributed by atoms with van der Waals surface area (Å²) in [5, 5.41) is 3.17. The molecule has 2 aromatic rings. The van der Waals surface area contributed by atoms with Gasteiger partial charge in [-0.05, 0) is 11.0 Å². The van der Waals surface area contributed by atoms with Crippen LogP contribution in [0.1, 0.15) is 31.3 Å². The number of aromatic nitrogens is 1. The summed E-state index contributed by atoms with van der Waals surface area (Å²) in [6.07, 6.45) is 0. The lowest BCUT2D eigenvalue weighted by atomic mass is 9.86. The number of nitrogens with zero attached hydrogens (tertiary/aromatic N) is 1. The minimum Gasteiger partial charge on any atom is -0.240 e. The minimum absolute atomic E-state index is 0.205. The highest BCUT2D eigenvalue weighted by Crippen LogP contribution is 2.27. The van der Waals surface area contributed by atoms with Crippen LogP contribution in [0, 0.1) is 0 Å². The first-order valence-corrected chi connectivity index (χ1v) is 7.18. The van der Waals surface area contributed by atoms with Crippen LogP contribution in [0.15, 0.2) is 29.6 Å². The Morgan fingerprint density at radius 2 is 1.82 bits per heavy atom. The van der Waals surface area contributed by atoms with E-state index < -0.39 is 0 Å². The second-order valence-electron chi connectivity index (χ2n) is 5.11. The molecule has 3 heteroatoms. The Morgan fingerprint density at radius 3 is 2.29 bits per heavy atom. The maximum Gasteiger partial charge on any atom is 0.103 e. The van der Waals surface area contributed by atoms with E-state index >= 15 is 0 Å². The number of hydrogen-bond acceptors (Lipinski definition) is 3. The summed E-state index contributed by atoms with van der Waals surface area (Å²) in [6.45, 7) is 6.68. The smallest absolute Gasteiger partial charge is 0.103 e. The van der Waals surface area contributed by atoms with E-state index in [0.29, 0.717) is 5.75 Å². The Morgan fingerprint density at radius 1 is 1.18 bits per heavy atom. The fourth-order valence-electron chi connectivity index (χ4n) is 1.66. The number of thiol groups is 1. The molecule has 1 heterocycles. The molecule has 0 aliphatic rings. The van der Waals surface area contributed by atoms with Crippen molar-refractivity contribution in [3.8, 4) is 11.3 Å². The highest BCUT2D eigenvalue weighted by atomic mass is 32.1. The summed E-state index contributed by atoms with van der Waals surface area (Å²) in [5.74, 6) is 0.713. The molecule has 0 spiro atoms. The first-order chi connectivity index (χ1) is 8.00. The highest BCUT2D eigenvalue weighted by Gasteiger charge is 2.13. The van der Waals surface area contributed by atoms with Crippen molar-refractivity contribution in [3.63, 3.8) is 0 Å². The van der Waals surface area contributed by atoms with Crippen molar-refractivity contribution >= 4 is 24.0 Å². The van der Waals surface area contributed by atoms with Gasteiger partial charge in [-0.25, -0.2) is 4.98 Å². The molecular weight excluding hydrogens is 246 g/mol. The first kappa shape index (κ1) is 12.7. The van der Waals surface area contributed by atoms with Crippen LogP contribution in [0.5, 0.6) is 0 Å². The molecule has 0 fully saturated rings. The van der Waals surface area contributed by atoms with Crippen molar-refractivity contribution in [2.24, 2.45) is 0 Å². The normalized spacial score (nSPS) is 11.8. The molecular formula is C14H17NS2. The van der Waals surface area contributed by atoms with Crippen molar-refractivity contribution in [1.29, 1.82) is 0 Å². The Balaban J connectivity index is 2.29. The number of thiazole rings is 1. The van der Waals surface area contributed by atoms with Gasteiger partial charge in [-0.15, -0.1) is 11.3 Å². The fourth-order valence-corrected chi connectivity index (χ4v) is 2.61. The third-order valence-electron chi connectivity index (χ3n) is 2.73. The van der Waals surface area contributed by atoms with E-state index in [9.17, 15) is 0 Å². The molecule has 1 aromatic carbocycles. The topological polar surface area (TPSA) is 12.9 Å². The van der Waals surface area contributed by atoms with E-state index in [-0.39, 0.29) is 5.41 Å². The maximum absolute atomic E-state index is 4.53. The molecule has 0 saturated carbocycles. The van der Waals surface area contributed by atoms with E-state index in [1.165, 1.54) is 11.1 Å². The van der Waals surface area contributed by atoms with Crippen molar-refractivity contribution in [1.82, 2.24) is 4.98 Å². The lowest BCUT2D eigenvalue weighted by molar-refractivity contribution is 0.590. The number of benzene rings is 1. The Kier molecular flexibility index (Phi) is 3.59. The molecule has 0 atom stereocenters. The Bertz CT molecular complexity index is 492. The van der Waals surface area contributed by atoms with Crippen LogP contribution in [-0.4, -0.2) is 4.98 Å². The van der Waals surface area contributed by atoms with Gasteiger partial charge in [-0.2, -0.15) is 12.6 Å². The average molecular weight is 263 g/mol. The summed E-state index contributed by atoms with van der Waals surface area (Å²) < 4.78 is 0. The number of hydrogen-bond donors (Lipinski definition) is 1. The molecule has 2 rings (SSSR count). The third-order valence-corrected chi connectivity index (χ3v) is 4.10. The van der Waals surface area contributed by atoms with Crippen molar-refractivity contribution < 1.29 is 0 Å². The molecule has 0 aliphatic carbocycles. The van der Waals surface area contributed by atoms with E-state index in [2.05, 4.69) is 68.0 Å². The third kappa shape index (κ3) is 2.90. The van der Waals surface area contributed by atoms with E-state index in [1.54, 1.807) is 11.3 Å². The van der Waals surface area contributed by atoms with Gasteiger partial charge in [0.05, 0.1) is 5.69 Å². The predicted molar refractivity (Wildman–Crippen MR) is 78.9 cm³/mol. The van der Waals surface area contributed by atoms with Gasteiger partial charge in [0.2, 0.25) is 0 Å². The van der Waals surface area contributed by atoms with Gasteiger partial charge < -0.3 is 0 Å². The highest BCUT2D eigenvalue weighted by molar-refractivity contribution is 7.79. The summed E-state index contributed by atoms with van der Waals surface area (Å²) in [4.78, 5) is 4.53. The van der Waals surface area contributed by atoms with Crippen LogP contribution < -0.4 is 0 Å². The second kappa shape index (κ2) is 4.83. The summed E-state index contributed by atoms with van der Waals surface area (Å²) >= 11 is 5.90. The summed E-state index contributed by atoms with van der Waals surface area (Å²) in [6, 6.07) is 8.68. The predicted octanol–water partition coefficient (Wildman–Crippen LogP) is 4.54. The van der Waals surface area contributed by atoms with Crippen LogP contribution in [0.25, 0.3) is 11.3 Å². The molecule has 0 unspecified atom stereocenters. The van der Waals surface area contributed by atoms with Gasteiger partial charge in [0, 0.05) is 16.7 Å². The monoisotopic (exact) mass is 263 g/mol. The number of rotatable bonds is 2. The van der Waals surface area contributed by atoms with Gasteiger partial charge in [0.25, 0.3) is 0 Å². The SMILES string of the molecule is CC(C)(C)c1ccc(-c2csc(CS)n2)cc1. The van der Waals surface area contributed by atoms with E-state index in [0.717, 1.165) is 10.7 Å². The van der Waals surface area contributed by atoms with Gasteiger partial charge in [-0.1, -0.05) is 45.0 Å². The second-order valence-corrected chi connectivity index (χ2v) is 6.37. The average Bonchev–Trinajstić information content (AvgIpc) is 2.76. The zero-order valence-corrected chi connectivity index (χ0v) is 12.1. The van der Waals surface area contributed by atoms with Crippen LogP contribution in [0.3, 0.4) is 0 Å². The quantitative estimate of drug-likeness (QED) is 0.785. The minimum atomic E-state index is 0.205. The molecule has 0 N–H and O–H groups in total. The lowest BCUT2D eigenvalue weighted by Gasteiger charge is -2.18. The van der Waals surface area contributed by atoms with Crippen LogP contribution in [0.4, 0.5) is 0 Å². The molecule has 0 saturated heterocycles. The van der Waals surface area contributed by atoms with E-state index in [4.69, 9.17) is 0 Å². The standard InChI is InChI=1S/C14H17NS2/c1-14(2,3)11-6-4-10(5-7-11)12-9-17-13(8-16)15-12/h4-7,9,16H,8H2,1-3H3. The van der Waals surface area contributed by atoms with Gasteiger partial charge in [0.15, 0.2) is 0 Å². The molecule has 0 radical (unpaired) electrons. The molecule has 0 aliphatic heterocycles. The van der Waals surface area contributed by atoms with Crippen molar-refractivity contribution in [2.75, 3.05) is 0 Å². The van der Waals surface area contributed by atoms with Crippen molar-refractivity contribution in [3.05, 3.63) is 40.2 Å². The Labute approximate surface area is 112 Å². The van der Waals surface area contributed by atoms with Crippen molar-refractivity contribution in [2.45, 2.75) is 31.9 Å². The van der Waals surface area contributed by atoms with Crippen LogP contribution >= 0.6 is 24.0 Å².